The summed E-state index contributed by atoms with van der Waals surface area (Å²) in [6, 6.07) is 7.32. The van der Waals surface area contributed by atoms with Crippen molar-refractivity contribution in [3.05, 3.63) is 61.2 Å². The molecule has 7 atom stereocenters. The highest BCUT2D eigenvalue weighted by atomic mass is 79.9. The number of nitrogens with zero attached hydrogens (tertiary/aromatic N) is 2. The summed E-state index contributed by atoms with van der Waals surface area (Å²) < 4.78 is 12.2. The molecule has 8 nitrogen and oxygen atoms in total. The Labute approximate surface area is 258 Å². The summed E-state index contributed by atoms with van der Waals surface area (Å²) in [5, 5.41) is 10.7. The van der Waals surface area contributed by atoms with Crippen molar-refractivity contribution in [3.63, 3.8) is 0 Å². The Balaban J connectivity index is 1.86. The highest BCUT2D eigenvalue weighted by Crippen LogP contribution is 2.61. The molecule has 1 aromatic rings. The van der Waals surface area contributed by atoms with Gasteiger partial charge in [-0.3, -0.25) is 14.4 Å². The van der Waals surface area contributed by atoms with Crippen LogP contribution in [0, 0.1) is 17.3 Å². The van der Waals surface area contributed by atoms with E-state index in [2.05, 4.69) is 49.9 Å². The number of carbonyl (C=O) groups excluding carboxylic acids is 3. The Morgan fingerprint density at radius 2 is 1.88 bits per heavy atom. The number of likely N-dealkylation sites (tertiary alicyclic amines) is 1. The first kappa shape index (κ1) is 32.4. The first-order valence-electron chi connectivity index (χ1n) is 14.7. The van der Waals surface area contributed by atoms with Gasteiger partial charge in [-0.25, -0.2) is 0 Å². The van der Waals surface area contributed by atoms with Crippen LogP contribution in [0.2, 0.25) is 0 Å². The van der Waals surface area contributed by atoms with Crippen molar-refractivity contribution >= 4 is 33.7 Å². The van der Waals surface area contributed by atoms with Crippen LogP contribution in [0.5, 0.6) is 0 Å². The van der Waals surface area contributed by atoms with E-state index in [1.54, 1.807) is 17.1 Å². The molecule has 3 fully saturated rings. The van der Waals surface area contributed by atoms with Gasteiger partial charge in [0.2, 0.25) is 11.8 Å². The number of benzene rings is 1. The Morgan fingerprint density at radius 1 is 1.21 bits per heavy atom. The standard InChI is InChI=1S/C33H45BrN2O6/c1-8-10-17-41-30(40)24-25-28(38)36(23(19-37)21-14-12-11-13-15-21)27(33(25)18-22(34)26(24)42-33)29(39)35(16-9-2)32(6,7)20-31(3,4)5/h8-9,11-15,22-27,37H,1-2,10,16-20H2,3-7H3/t22?,23-,24-,25+,26-,27?,33?/m1/s1. The molecule has 1 spiro atoms. The van der Waals surface area contributed by atoms with Crippen LogP contribution in [0.4, 0.5) is 0 Å². The lowest BCUT2D eigenvalue weighted by molar-refractivity contribution is -0.158. The number of fused-ring (bicyclic) bond motifs is 1. The number of alkyl halides is 1. The van der Waals surface area contributed by atoms with Crippen molar-refractivity contribution in [2.24, 2.45) is 17.3 Å². The van der Waals surface area contributed by atoms with Gasteiger partial charge in [0.15, 0.2) is 0 Å². The van der Waals surface area contributed by atoms with E-state index in [1.165, 1.54) is 4.90 Å². The molecule has 2 amide bonds. The fraction of sp³-hybridized carbons (Fsp3) is 0.606. The van der Waals surface area contributed by atoms with Gasteiger partial charge in [-0.2, -0.15) is 0 Å². The maximum atomic E-state index is 15.0. The molecule has 42 heavy (non-hydrogen) atoms. The van der Waals surface area contributed by atoms with Crippen molar-refractivity contribution < 1.29 is 29.0 Å². The molecule has 9 heteroatoms. The van der Waals surface area contributed by atoms with Crippen molar-refractivity contribution in [1.82, 2.24) is 9.80 Å². The Morgan fingerprint density at radius 3 is 2.45 bits per heavy atom. The minimum absolute atomic E-state index is 0.0869. The van der Waals surface area contributed by atoms with E-state index in [0.29, 0.717) is 24.8 Å². The number of halogens is 1. The number of aliphatic hydroxyl groups is 1. The molecule has 3 aliphatic heterocycles. The summed E-state index contributed by atoms with van der Waals surface area (Å²) in [5.74, 6) is -2.98. The number of esters is 1. The minimum atomic E-state index is -1.27. The van der Waals surface area contributed by atoms with Gasteiger partial charge in [0, 0.05) is 16.9 Å². The molecule has 3 heterocycles. The average Bonchev–Trinajstić information content (AvgIpc) is 3.50. The predicted octanol–water partition coefficient (Wildman–Crippen LogP) is 4.82. The summed E-state index contributed by atoms with van der Waals surface area (Å²) in [4.78, 5) is 46.1. The van der Waals surface area contributed by atoms with Crippen LogP contribution in [0.15, 0.2) is 55.6 Å². The molecule has 0 saturated carbocycles. The van der Waals surface area contributed by atoms with Gasteiger partial charge >= 0.3 is 5.97 Å². The molecule has 0 radical (unpaired) electrons. The third-order valence-electron chi connectivity index (χ3n) is 8.76. The monoisotopic (exact) mass is 644 g/mol. The van der Waals surface area contributed by atoms with Gasteiger partial charge in [-0.15, -0.1) is 13.2 Å². The van der Waals surface area contributed by atoms with Gasteiger partial charge < -0.3 is 24.4 Å². The van der Waals surface area contributed by atoms with Gasteiger partial charge in [0.05, 0.1) is 37.2 Å². The predicted molar refractivity (Wildman–Crippen MR) is 165 cm³/mol. The van der Waals surface area contributed by atoms with Crippen LogP contribution in [-0.4, -0.2) is 80.6 Å². The highest BCUT2D eigenvalue weighted by molar-refractivity contribution is 9.09. The van der Waals surface area contributed by atoms with E-state index in [0.717, 1.165) is 0 Å². The van der Waals surface area contributed by atoms with Crippen LogP contribution in [0.3, 0.4) is 0 Å². The topological polar surface area (TPSA) is 96.4 Å². The molecular weight excluding hydrogens is 600 g/mol. The van der Waals surface area contributed by atoms with Crippen LogP contribution in [-0.2, 0) is 23.9 Å². The van der Waals surface area contributed by atoms with Gasteiger partial charge in [-0.05, 0) is 44.1 Å². The lowest BCUT2D eigenvalue weighted by Crippen LogP contribution is -2.61. The molecule has 3 saturated heterocycles. The van der Waals surface area contributed by atoms with E-state index in [9.17, 15) is 19.5 Å². The Kier molecular flexibility index (Phi) is 9.46. The lowest BCUT2D eigenvalue weighted by Gasteiger charge is -2.46. The second kappa shape index (κ2) is 12.2. The number of amides is 2. The van der Waals surface area contributed by atoms with E-state index < -0.39 is 53.7 Å². The van der Waals surface area contributed by atoms with E-state index in [-0.39, 0.29) is 35.2 Å². The maximum absolute atomic E-state index is 15.0. The molecule has 230 valence electrons. The summed E-state index contributed by atoms with van der Waals surface area (Å²) in [7, 11) is 0. The van der Waals surface area contributed by atoms with Gasteiger partial charge in [0.25, 0.3) is 0 Å². The molecule has 3 unspecified atom stereocenters. The normalized spacial score (nSPS) is 29.3. The number of ether oxygens (including phenoxy) is 2. The molecule has 0 aliphatic carbocycles. The molecule has 1 N–H and O–H groups in total. The summed E-state index contributed by atoms with van der Waals surface area (Å²) in [5.41, 5.74) is -1.26. The van der Waals surface area contributed by atoms with Crippen molar-refractivity contribution in [2.75, 3.05) is 19.8 Å². The lowest BCUT2D eigenvalue weighted by atomic mass is 9.70. The zero-order valence-electron chi connectivity index (χ0n) is 25.4. The minimum Gasteiger partial charge on any atom is -0.465 e. The van der Waals surface area contributed by atoms with E-state index in [4.69, 9.17) is 9.47 Å². The van der Waals surface area contributed by atoms with Crippen LogP contribution < -0.4 is 0 Å². The first-order chi connectivity index (χ1) is 19.7. The molecule has 1 aromatic carbocycles. The van der Waals surface area contributed by atoms with E-state index in [1.807, 2.05) is 44.2 Å². The summed E-state index contributed by atoms with van der Waals surface area (Å²) in [6.07, 6.45) is 4.29. The molecule has 0 aromatic heterocycles. The van der Waals surface area contributed by atoms with Gasteiger partial charge in [0.1, 0.15) is 11.6 Å². The highest BCUT2D eigenvalue weighted by Gasteiger charge is 2.78. The smallest absolute Gasteiger partial charge is 0.312 e. The molecule has 4 rings (SSSR count). The fourth-order valence-corrected chi connectivity index (χ4v) is 8.57. The van der Waals surface area contributed by atoms with Crippen molar-refractivity contribution in [3.8, 4) is 0 Å². The van der Waals surface area contributed by atoms with E-state index >= 15 is 0 Å². The van der Waals surface area contributed by atoms with Crippen molar-refractivity contribution in [2.45, 2.75) is 88.0 Å². The third-order valence-corrected chi connectivity index (χ3v) is 9.61. The number of rotatable bonds is 12. The molecular formula is C33H45BrN2O6. The van der Waals surface area contributed by atoms with Gasteiger partial charge in [-0.1, -0.05) is 79.2 Å². The molecule has 3 aliphatic rings. The van der Waals surface area contributed by atoms with Crippen LogP contribution in [0.25, 0.3) is 0 Å². The number of carbonyl (C=O) groups is 3. The second-order valence-corrected chi connectivity index (χ2v) is 14.7. The zero-order chi connectivity index (χ0) is 31.0. The SMILES string of the molecule is C=CCCOC(=O)[C@H]1[C@@H]2OC3(CC2Br)C(C(=O)N(CC=C)C(C)(C)CC(C)(C)C)N([C@H](CO)c2ccccc2)C(=O)[C@H]13. The first-order valence-corrected chi connectivity index (χ1v) is 15.7. The molecule has 2 bridgehead atoms. The Hall–Kier alpha value is -2.49. The number of hydrogen-bond donors (Lipinski definition) is 1. The average molecular weight is 646 g/mol. The third kappa shape index (κ3) is 5.72. The van der Waals surface area contributed by atoms with Crippen LogP contribution >= 0.6 is 15.9 Å². The quantitative estimate of drug-likeness (QED) is 0.152. The summed E-state index contributed by atoms with van der Waals surface area (Å²) in [6.45, 7) is 18.1. The van der Waals surface area contributed by atoms with Crippen LogP contribution in [0.1, 0.15) is 65.5 Å². The number of hydrogen-bond acceptors (Lipinski definition) is 6. The largest absolute Gasteiger partial charge is 0.465 e. The Bertz CT molecular complexity index is 1200. The second-order valence-electron chi connectivity index (χ2n) is 13.6. The fourth-order valence-electron chi connectivity index (χ4n) is 7.63. The van der Waals surface area contributed by atoms with Crippen molar-refractivity contribution in [1.29, 1.82) is 0 Å². The zero-order valence-corrected chi connectivity index (χ0v) is 27.0. The number of aliphatic hydroxyl groups excluding tert-OH is 1. The maximum Gasteiger partial charge on any atom is 0.312 e. The summed E-state index contributed by atoms with van der Waals surface area (Å²) >= 11 is 3.71.